The minimum Gasteiger partial charge on any atom is -0.480 e. The Bertz CT molecular complexity index is 1340. The molecule has 0 unspecified atom stereocenters. The molecule has 23 nitrogen and oxygen atoms in total. The van der Waals surface area contributed by atoms with E-state index in [2.05, 4.69) is 36.9 Å². The van der Waals surface area contributed by atoms with Crippen LogP contribution in [0.1, 0.15) is 66.7 Å². The van der Waals surface area contributed by atoms with Crippen LogP contribution in [-0.2, 0) is 38.4 Å². The first-order chi connectivity index (χ1) is 25.1. The maximum absolute atomic E-state index is 13.6. The molecule has 7 amide bonds. The number of aliphatic hydroxyl groups excluding tert-OH is 3. The van der Waals surface area contributed by atoms with E-state index in [1.165, 1.54) is 6.92 Å². The topological polar surface area (TPSA) is 406 Å². The van der Waals surface area contributed by atoms with Crippen LogP contribution >= 0.6 is 0 Å². The number of carbonyl (C=O) groups excluding carboxylic acids is 7. The van der Waals surface area contributed by atoms with E-state index in [4.69, 9.17) is 22.9 Å². The fourth-order valence-corrected chi connectivity index (χ4v) is 4.59. The fourth-order valence-electron chi connectivity index (χ4n) is 4.59. The van der Waals surface area contributed by atoms with Crippen LogP contribution in [-0.4, -0.2) is 141 Å². The number of nitrogens with zero attached hydrogens (tertiary/aromatic N) is 1. The normalized spacial score (nSPS) is 16.5. The number of guanidine groups is 1. The molecule has 0 aromatic heterocycles. The highest BCUT2D eigenvalue weighted by Crippen LogP contribution is 2.11. The first-order valence-corrected chi connectivity index (χ1v) is 17.2. The van der Waals surface area contributed by atoms with Gasteiger partial charge in [-0.05, 0) is 46.0 Å². The molecule has 0 saturated carbocycles. The van der Waals surface area contributed by atoms with Crippen LogP contribution in [0.4, 0.5) is 0 Å². The van der Waals surface area contributed by atoms with Gasteiger partial charge in [0.15, 0.2) is 12.0 Å². The number of carboxylic acid groups (broad SMARTS) is 1. The lowest BCUT2D eigenvalue weighted by molar-refractivity contribution is -0.145. The minimum absolute atomic E-state index is 0.0221. The van der Waals surface area contributed by atoms with Crippen LogP contribution < -0.4 is 54.8 Å². The van der Waals surface area contributed by atoms with Crippen molar-refractivity contribution < 1.29 is 58.8 Å². The van der Waals surface area contributed by atoms with Gasteiger partial charge in [0.2, 0.25) is 41.4 Å². The molecule has 10 atom stereocenters. The summed E-state index contributed by atoms with van der Waals surface area (Å²) in [6.07, 6.45) is -3.05. The molecule has 0 aliphatic rings. The van der Waals surface area contributed by atoms with Crippen molar-refractivity contribution >= 4 is 53.3 Å². The summed E-state index contributed by atoms with van der Waals surface area (Å²) in [7, 11) is 0. The first-order valence-electron chi connectivity index (χ1n) is 17.2. The molecule has 0 aromatic carbocycles. The summed E-state index contributed by atoms with van der Waals surface area (Å²) < 4.78 is 0. The van der Waals surface area contributed by atoms with Crippen molar-refractivity contribution in [1.29, 1.82) is 0 Å². The Morgan fingerprint density at radius 3 is 1.63 bits per heavy atom. The van der Waals surface area contributed by atoms with E-state index in [0.29, 0.717) is 6.42 Å². The number of nitrogens with one attached hydrogen (secondary N) is 6. The van der Waals surface area contributed by atoms with Gasteiger partial charge in [-0.3, -0.25) is 38.6 Å². The molecule has 0 heterocycles. The first kappa shape index (κ1) is 48.9. The third-order valence-corrected chi connectivity index (χ3v) is 8.09. The van der Waals surface area contributed by atoms with Gasteiger partial charge in [0.25, 0.3) is 0 Å². The van der Waals surface area contributed by atoms with Crippen LogP contribution in [0.5, 0.6) is 0 Å². The van der Waals surface area contributed by atoms with Gasteiger partial charge in [-0.25, -0.2) is 4.79 Å². The zero-order valence-electron chi connectivity index (χ0n) is 31.0. The molecule has 0 saturated heterocycles. The number of nitrogens with two attached hydrogens (primary N) is 4. The van der Waals surface area contributed by atoms with Gasteiger partial charge >= 0.3 is 5.97 Å². The van der Waals surface area contributed by atoms with E-state index in [-0.39, 0.29) is 38.2 Å². The predicted octanol–water partition coefficient (Wildman–Crippen LogP) is -6.55. The van der Waals surface area contributed by atoms with E-state index < -0.39 is 114 Å². The van der Waals surface area contributed by atoms with E-state index in [1.807, 2.05) is 0 Å². The Balaban J connectivity index is 6.00. The van der Waals surface area contributed by atoms with Gasteiger partial charge in [-0.2, -0.15) is 0 Å². The SMILES string of the molecule is CC[C@H](C)[C@H](NC(=O)[C@H](CCCN=C(N)N)NC(=O)[C@@H](NC(=O)[C@H](C)NC(=O)[C@H](CO)NC(=O)[C@@H](N)CCC(N)=O)[C@@H](C)O)C(=O)N[C@H](C(=O)O)[C@@H](C)O. The molecule has 0 spiro atoms. The Labute approximate surface area is 312 Å². The predicted molar refractivity (Wildman–Crippen MR) is 191 cm³/mol. The number of rotatable bonds is 25. The van der Waals surface area contributed by atoms with Gasteiger partial charge in [0.1, 0.15) is 30.2 Å². The molecular weight excluding hydrogens is 718 g/mol. The molecule has 0 aliphatic carbocycles. The van der Waals surface area contributed by atoms with E-state index in [0.717, 1.165) is 13.8 Å². The molecule has 54 heavy (non-hydrogen) atoms. The second-order valence-electron chi connectivity index (χ2n) is 12.8. The number of carbonyl (C=O) groups is 8. The van der Waals surface area contributed by atoms with Gasteiger partial charge in [0, 0.05) is 13.0 Å². The molecule has 0 aliphatic heterocycles. The monoisotopic (exact) mass is 775 g/mol. The number of aliphatic imine (C=N–C) groups is 1. The average molecular weight is 776 g/mol. The number of primary amides is 1. The van der Waals surface area contributed by atoms with Crippen LogP contribution in [0.3, 0.4) is 0 Å². The quantitative estimate of drug-likeness (QED) is 0.0233. The van der Waals surface area contributed by atoms with Crippen molar-refractivity contribution in [1.82, 2.24) is 31.9 Å². The standard InChI is InChI=1S/C31H57N11O12/c1-6-13(2)21(28(51)42-23(16(5)45)30(53)54)40-26(49)18(8-7-11-36-31(34)35)38-29(52)22(15(4)44)41-24(47)14(3)37-27(50)19(12-43)39-25(48)17(32)9-10-20(33)46/h13-19,21-23,43-45H,6-12,32H2,1-5H3,(H2,33,46)(H,37,50)(H,38,52)(H,39,48)(H,40,49)(H,41,47)(H,42,51)(H,53,54)(H4,34,35,36)/t13-,14-,15+,16+,17-,18-,19-,21-,22-,23-/m0/s1. The molecule has 23 heteroatoms. The number of aliphatic hydroxyl groups is 3. The maximum atomic E-state index is 13.6. The second kappa shape index (κ2) is 24.2. The van der Waals surface area contributed by atoms with Gasteiger partial charge in [0.05, 0.1) is 24.9 Å². The Morgan fingerprint density at radius 1 is 0.648 bits per heavy atom. The van der Waals surface area contributed by atoms with Crippen LogP contribution in [0, 0.1) is 5.92 Å². The fraction of sp³-hybridized carbons (Fsp3) is 0.710. The van der Waals surface area contributed by atoms with Crippen molar-refractivity contribution in [3.8, 4) is 0 Å². The lowest BCUT2D eigenvalue weighted by Gasteiger charge is -2.29. The van der Waals surface area contributed by atoms with E-state index >= 15 is 0 Å². The summed E-state index contributed by atoms with van der Waals surface area (Å²) in [5.74, 6) is -8.82. The van der Waals surface area contributed by atoms with Crippen molar-refractivity contribution in [2.24, 2.45) is 33.8 Å². The Morgan fingerprint density at radius 2 is 1.15 bits per heavy atom. The number of aliphatic carboxylic acids is 1. The zero-order valence-corrected chi connectivity index (χ0v) is 31.0. The van der Waals surface area contributed by atoms with Crippen molar-refractivity contribution in [3.05, 3.63) is 0 Å². The highest BCUT2D eigenvalue weighted by molar-refractivity contribution is 5.97. The van der Waals surface area contributed by atoms with Crippen LogP contribution in [0.15, 0.2) is 4.99 Å². The summed E-state index contributed by atoms with van der Waals surface area (Å²) in [6, 6.07) is -10.4. The molecule has 308 valence electrons. The molecular formula is C31H57N11O12. The summed E-state index contributed by atoms with van der Waals surface area (Å²) in [5, 5.41) is 53.1. The molecule has 0 aromatic rings. The van der Waals surface area contributed by atoms with Crippen molar-refractivity contribution in [3.63, 3.8) is 0 Å². The summed E-state index contributed by atoms with van der Waals surface area (Å²) >= 11 is 0. The average Bonchev–Trinajstić information content (AvgIpc) is 3.09. The van der Waals surface area contributed by atoms with Gasteiger partial charge in [-0.15, -0.1) is 0 Å². The smallest absolute Gasteiger partial charge is 0.328 e. The summed E-state index contributed by atoms with van der Waals surface area (Å²) in [6.45, 7) is 5.94. The number of carboxylic acids is 1. The zero-order chi connectivity index (χ0) is 41.9. The lowest BCUT2D eigenvalue weighted by Crippen LogP contribution is -2.62. The number of hydrogen-bond acceptors (Lipinski definition) is 13. The van der Waals surface area contributed by atoms with E-state index in [9.17, 15) is 58.8 Å². The maximum Gasteiger partial charge on any atom is 0.328 e. The summed E-state index contributed by atoms with van der Waals surface area (Å²) in [4.78, 5) is 105. The lowest BCUT2D eigenvalue weighted by atomic mass is 9.96. The van der Waals surface area contributed by atoms with Crippen LogP contribution in [0.25, 0.3) is 0 Å². The molecule has 0 radical (unpaired) electrons. The van der Waals surface area contributed by atoms with Gasteiger partial charge in [-0.1, -0.05) is 20.3 Å². The summed E-state index contributed by atoms with van der Waals surface area (Å²) in [5.41, 5.74) is 21.4. The molecule has 0 bridgehead atoms. The molecule has 18 N–H and O–H groups in total. The largest absolute Gasteiger partial charge is 0.480 e. The van der Waals surface area contributed by atoms with Crippen molar-refractivity contribution in [2.75, 3.05) is 13.2 Å². The minimum atomic E-state index is -1.71. The van der Waals surface area contributed by atoms with Crippen LogP contribution in [0.2, 0.25) is 0 Å². The third-order valence-electron chi connectivity index (χ3n) is 8.09. The third kappa shape index (κ3) is 17.6. The molecule has 0 rings (SSSR count). The Kier molecular flexibility index (Phi) is 21.9. The number of hydrogen-bond donors (Lipinski definition) is 14. The Hall–Kier alpha value is -5.13. The highest BCUT2D eigenvalue weighted by Gasteiger charge is 2.36. The number of amides is 7. The van der Waals surface area contributed by atoms with Crippen molar-refractivity contribution in [2.45, 2.75) is 121 Å². The van der Waals surface area contributed by atoms with E-state index in [1.54, 1.807) is 13.8 Å². The second-order valence-corrected chi connectivity index (χ2v) is 12.8. The molecule has 0 fully saturated rings. The highest BCUT2D eigenvalue weighted by atomic mass is 16.4. The van der Waals surface area contributed by atoms with Gasteiger partial charge < -0.3 is 75.3 Å².